The third kappa shape index (κ3) is 4.65. The lowest BCUT2D eigenvalue weighted by atomic mass is 9.88. The smallest absolute Gasteiger partial charge is 0.315 e. The molecule has 1 saturated heterocycles. The van der Waals surface area contributed by atoms with Gasteiger partial charge in [-0.1, -0.05) is 24.3 Å². The van der Waals surface area contributed by atoms with E-state index in [4.69, 9.17) is 5.73 Å². The van der Waals surface area contributed by atoms with Crippen LogP contribution in [0.15, 0.2) is 59.0 Å². The first kappa shape index (κ1) is 21.5. The van der Waals surface area contributed by atoms with Crippen molar-refractivity contribution in [3.8, 4) is 0 Å². The molecule has 2 amide bonds. The van der Waals surface area contributed by atoms with Crippen molar-refractivity contribution in [3.05, 3.63) is 76.6 Å². The molecule has 0 saturated carbocycles. The van der Waals surface area contributed by atoms with Crippen molar-refractivity contribution in [2.75, 3.05) is 32.4 Å². The molecule has 2 bridgehead atoms. The number of sulfone groups is 1. The minimum absolute atomic E-state index is 0. The first-order chi connectivity index (χ1) is 14.7. The zero-order valence-corrected chi connectivity index (χ0v) is 18.2. The minimum Gasteiger partial charge on any atom is -0.351 e. The highest BCUT2D eigenvalue weighted by atomic mass is 32.2. The van der Waals surface area contributed by atoms with E-state index in [0.29, 0.717) is 13.0 Å². The highest BCUT2D eigenvalue weighted by Gasteiger charge is 2.31. The average molecular weight is 446 g/mol. The molecule has 0 radical (unpaired) electrons. The number of carbonyl (C=O) groups excluding carboxylic acids is 1. The topological polar surface area (TPSA) is 83.7 Å². The Morgan fingerprint density at radius 1 is 1.13 bits per heavy atom. The second kappa shape index (κ2) is 8.43. The van der Waals surface area contributed by atoms with Gasteiger partial charge in [-0.15, -0.1) is 0 Å². The van der Waals surface area contributed by atoms with E-state index >= 15 is 0 Å². The van der Waals surface area contributed by atoms with Crippen LogP contribution in [0.2, 0.25) is 0 Å². The Morgan fingerprint density at radius 3 is 2.32 bits per heavy atom. The average Bonchev–Trinajstić information content (AvgIpc) is 2.73. The van der Waals surface area contributed by atoms with Crippen molar-refractivity contribution in [3.63, 3.8) is 0 Å². The Labute approximate surface area is 183 Å². The SMILES string of the molecule is C1=C2CN(CC1)C2.CS(=O)(=O)c1ccc2c(c1)CCN(C(N)=O)C2c1ccc(F)cc1.[HH]. The summed E-state index contributed by atoms with van der Waals surface area (Å²) in [5.41, 5.74) is 9.54. The summed E-state index contributed by atoms with van der Waals surface area (Å²) >= 11 is 0. The normalized spacial score (nSPS) is 20.0. The van der Waals surface area contributed by atoms with Crippen molar-refractivity contribution in [1.82, 2.24) is 9.80 Å². The quantitative estimate of drug-likeness (QED) is 0.720. The summed E-state index contributed by atoms with van der Waals surface area (Å²) in [4.78, 5) is 16.0. The van der Waals surface area contributed by atoms with Gasteiger partial charge in [0.2, 0.25) is 0 Å². The molecule has 8 heteroatoms. The molecule has 1 unspecified atom stereocenters. The third-order valence-corrected chi connectivity index (χ3v) is 7.08. The van der Waals surface area contributed by atoms with E-state index in [2.05, 4.69) is 11.0 Å². The van der Waals surface area contributed by atoms with E-state index in [1.165, 1.54) is 49.2 Å². The molecule has 1 fully saturated rings. The molecule has 1 atom stereocenters. The molecule has 0 aliphatic carbocycles. The maximum atomic E-state index is 13.2. The van der Waals surface area contributed by atoms with E-state index in [-0.39, 0.29) is 12.1 Å². The lowest BCUT2D eigenvalue weighted by Crippen LogP contribution is -2.43. The Kier molecular flexibility index (Phi) is 5.85. The van der Waals surface area contributed by atoms with Crippen LogP contribution in [0.4, 0.5) is 9.18 Å². The van der Waals surface area contributed by atoms with Gasteiger partial charge in [-0.05, 0) is 59.4 Å². The number of hydrogen-bond donors (Lipinski definition) is 1. The van der Waals surface area contributed by atoms with Crippen LogP contribution in [0.3, 0.4) is 0 Å². The van der Waals surface area contributed by atoms with Crippen LogP contribution in [-0.4, -0.2) is 56.7 Å². The maximum absolute atomic E-state index is 13.2. The number of urea groups is 1. The molecule has 6 nitrogen and oxygen atoms in total. The Hall–Kier alpha value is -2.71. The van der Waals surface area contributed by atoms with E-state index in [0.717, 1.165) is 22.9 Å². The van der Waals surface area contributed by atoms with Crippen molar-refractivity contribution < 1.29 is 19.0 Å². The fourth-order valence-electron chi connectivity index (χ4n) is 4.34. The van der Waals surface area contributed by atoms with Crippen LogP contribution in [0, 0.1) is 5.82 Å². The molecule has 2 aromatic rings. The van der Waals surface area contributed by atoms with Gasteiger partial charge in [-0.2, -0.15) is 0 Å². The molecule has 4 aliphatic rings. The van der Waals surface area contributed by atoms with E-state index in [1.807, 2.05) is 0 Å². The fraction of sp³-hybridized carbons (Fsp3) is 0.348. The predicted octanol–water partition coefficient (Wildman–Crippen LogP) is 3.13. The third-order valence-electron chi connectivity index (χ3n) is 5.97. The molecule has 6 rings (SSSR count). The molecule has 0 spiro atoms. The first-order valence-electron chi connectivity index (χ1n) is 10.3. The van der Waals surface area contributed by atoms with Gasteiger partial charge in [0.25, 0.3) is 0 Å². The molecule has 31 heavy (non-hydrogen) atoms. The number of fused-ring (bicyclic) bond motifs is 3. The van der Waals surface area contributed by atoms with Crippen LogP contribution in [0.25, 0.3) is 0 Å². The monoisotopic (exact) mass is 445 g/mol. The zero-order valence-electron chi connectivity index (χ0n) is 17.4. The highest BCUT2D eigenvalue weighted by molar-refractivity contribution is 7.90. The lowest BCUT2D eigenvalue weighted by molar-refractivity contribution is 0.189. The number of rotatable bonds is 2. The molecular formula is C23H28FN3O3S. The number of halogens is 1. The van der Waals surface area contributed by atoms with E-state index < -0.39 is 21.9 Å². The Balaban J connectivity index is 0.000000303. The highest BCUT2D eigenvalue weighted by Crippen LogP contribution is 2.36. The van der Waals surface area contributed by atoms with Crippen LogP contribution in [0.5, 0.6) is 0 Å². The molecule has 2 aromatic carbocycles. The lowest BCUT2D eigenvalue weighted by Gasteiger charge is -2.37. The summed E-state index contributed by atoms with van der Waals surface area (Å²) in [5.74, 6) is -0.368. The standard InChI is InChI=1S/C17H17FN2O3S.C6H9N.H2/c1-24(22,23)14-6-7-15-12(10-14)8-9-20(17(19)21)16(15)11-2-4-13(18)5-3-11;1-2-6-4-7(3-1)5-6;/h2-7,10,16H,8-9H2,1H3,(H2,19,21);2H,1,3-5H2;1H. The zero-order chi connectivity index (χ0) is 22.2. The van der Waals surface area contributed by atoms with Gasteiger partial charge in [0.05, 0.1) is 10.9 Å². The summed E-state index contributed by atoms with van der Waals surface area (Å²) < 4.78 is 36.7. The summed E-state index contributed by atoms with van der Waals surface area (Å²) in [5, 5.41) is 0. The maximum Gasteiger partial charge on any atom is 0.315 e. The van der Waals surface area contributed by atoms with Gasteiger partial charge < -0.3 is 10.6 Å². The number of amides is 2. The number of benzene rings is 2. The molecule has 2 N–H and O–H groups in total. The predicted molar refractivity (Wildman–Crippen MR) is 119 cm³/mol. The number of nitrogens with two attached hydrogens (primary N) is 1. The molecule has 0 aromatic heterocycles. The minimum atomic E-state index is -3.31. The summed E-state index contributed by atoms with van der Waals surface area (Å²) in [6, 6.07) is 9.71. The summed E-state index contributed by atoms with van der Waals surface area (Å²) in [6.45, 7) is 4.24. The van der Waals surface area contributed by atoms with Gasteiger partial charge in [-0.25, -0.2) is 17.6 Å². The number of carbonyl (C=O) groups is 1. The van der Waals surface area contributed by atoms with Crippen molar-refractivity contribution >= 4 is 15.9 Å². The Morgan fingerprint density at radius 2 is 1.84 bits per heavy atom. The largest absolute Gasteiger partial charge is 0.351 e. The van der Waals surface area contributed by atoms with Crippen LogP contribution in [-0.2, 0) is 16.3 Å². The van der Waals surface area contributed by atoms with Crippen LogP contribution >= 0.6 is 0 Å². The van der Waals surface area contributed by atoms with Crippen molar-refractivity contribution in [2.24, 2.45) is 5.73 Å². The van der Waals surface area contributed by atoms with Crippen LogP contribution in [0.1, 0.15) is 30.6 Å². The van der Waals surface area contributed by atoms with Crippen molar-refractivity contribution in [1.29, 1.82) is 0 Å². The summed E-state index contributed by atoms with van der Waals surface area (Å²) in [6.07, 6.45) is 5.35. The first-order valence-corrected chi connectivity index (χ1v) is 12.2. The van der Waals surface area contributed by atoms with E-state index in [1.54, 1.807) is 29.8 Å². The second-order valence-corrected chi connectivity index (χ2v) is 10.2. The number of hydrogen-bond acceptors (Lipinski definition) is 4. The van der Waals surface area contributed by atoms with Gasteiger partial charge in [-0.3, -0.25) is 4.90 Å². The molecule has 4 aliphatic heterocycles. The van der Waals surface area contributed by atoms with Gasteiger partial charge >= 0.3 is 6.03 Å². The van der Waals surface area contributed by atoms with Gasteiger partial charge in [0, 0.05) is 33.9 Å². The molecular weight excluding hydrogens is 417 g/mol. The van der Waals surface area contributed by atoms with Gasteiger partial charge in [0.1, 0.15) is 5.82 Å². The number of primary amides is 1. The second-order valence-electron chi connectivity index (χ2n) is 8.23. The van der Waals surface area contributed by atoms with Crippen LogP contribution < -0.4 is 5.73 Å². The molecule has 166 valence electrons. The van der Waals surface area contributed by atoms with E-state index in [9.17, 15) is 17.6 Å². The number of nitrogens with zero attached hydrogens (tertiary/aromatic N) is 2. The summed E-state index contributed by atoms with van der Waals surface area (Å²) in [7, 11) is -3.31. The molecule has 4 heterocycles. The fourth-order valence-corrected chi connectivity index (χ4v) is 5.01. The van der Waals surface area contributed by atoms with Gasteiger partial charge in [0.15, 0.2) is 9.84 Å². The Bertz CT molecular complexity index is 1130. The van der Waals surface area contributed by atoms with Crippen molar-refractivity contribution in [2.45, 2.75) is 23.8 Å².